The first-order chi connectivity index (χ1) is 11.2. The summed E-state index contributed by atoms with van der Waals surface area (Å²) in [5.41, 5.74) is 4.50. The summed E-state index contributed by atoms with van der Waals surface area (Å²) in [7, 11) is 0. The third kappa shape index (κ3) is 2.57. The van der Waals surface area contributed by atoms with Gasteiger partial charge in [-0.1, -0.05) is 41.9 Å². The van der Waals surface area contributed by atoms with E-state index in [2.05, 4.69) is 41.1 Å². The molecule has 4 rings (SSSR count). The molecule has 2 aromatic carbocycles. The van der Waals surface area contributed by atoms with Gasteiger partial charge in [-0.05, 0) is 43.2 Å². The second-order valence-corrected chi connectivity index (χ2v) is 6.24. The minimum atomic E-state index is 0.355. The Bertz CT molecular complexity index is 845. The zero-order valence-electron chi connectivity index (χ0n) is 12.8. The number of anilines is 2. The predicted molar refractivity (Wildman–Crippen MR) is 94.2 cm³/mol. The average molecular weight is 322 g/mol. The van der Waals surface area contributed by atoms with Gasteiger partial charge in [-0.3, -0.25) is 0 Å². The van der Waals surface area contributed by atoms with E-state index in [0.29, 0.717) is 6.04 Å². The molecule has 0 spiro atoms. The lowest BCUT2D eigenvalue weighted by atomic mass is 10.1. The fraction of sp³-hybridized carbons (Fsp3) is 0.158. The van der Waals surface area contributed by atoms with E-state index in [-0.39, 0.29) is 0 Å². The van der Waals surface area contributed by atoms with Crippen LogP contribution in [-0.4, -0.2) is 16.0 Å². The van der Waals surface area contributed by atoms with Crippen molar-refractivity contribution < 1.29 is 0 Å². The highest BCUT2D eigenvalue weighted by Gasteiger charge is 2.28. The van der Waals surface area contributed by atoms with Crippen LogP contribution in [0.2, 0.25) is 5.02 Å². The predicted octanol–water partition coefficient (Wildman–Crippen LogP) is 4.88. The standard InChI is InChI=1S/C19H16ClN3/c1-13-12-15-4-2-3-5-18(15)23(13)19-21-11-10-17(22-19)14-6-8-16(20)9-7-14/h2-11,13H,12H2,1H3. The Kier molecular flexibility index (Phi) is 3.50. The fourth-order valence-electron chi connectivity index (χ4n) is 3.12. The number of para-hydroxylation sites is 1. The van der Waals surface area contributed by atoms with Gasteiger partial charge >= 0.3 is 0 Å². The Morgan fingerprint density at radius 1 is 1.04 bits per heavy atom. The van der Waals surface area contributed by atoms with Gasteiger partial charge in [0.1, 0.15) is 0 Å². The molecule has 0 amide bonds. The van der Waals surface area contributed by atoms with Crippen LogP contribution < -0.4 is 4.90 Å². The highest BCUT2D eigenvalue weighted by atomic mass is 35.5. The van der Waals surface area contributed by atoms with E-state index in [0.717, 1.165) is 28.6 Å². The topological polar surface area (TPSA) is 29.0 Å². The molecule has 0 saturated carbocycles. The van der Waals surface area contributed by atoms with Crippen molar-refractivity contribution in [3.05, 3.63) is 71.4 Å². The molecular weight excluding hydrogens is 306 g/mol. The van der Waals surface area contributed by atoms with Crippen molar-refractivity contribution in [3.8, 4) is 11.3 Å². The van der Waals surface area contributed by atoms with Crippen LogP contribution in [0.4, 0.5) is 11.6 Å². The van der Waals surface area contributed by atoms with Crippen molar-refractivity contribution in [1.82, 2.24) is 9.97 Å². The molecule has 1 aliphatic rings. The summed E-state index contributed by atoms with van der Waals surface area (Å²) < 4.78 is 0. The number of aromatic nitrogens is 2. The number of halogens is 1. The van der Waals surface area contributed by atoms with Gasteiger partial charge in [0.15, 0.2) is 0 Å². The van der Waals surface area contributed by atoms with Gasteiger partial charge in [0.2, 0.25) is 5.95 Å². The monoisotopic (exact) mass is 321 g/mol. The van der Waals surface area contributed by atoms with Crippen LogP contribution in [0.15, 0.2) is 60.8 Å². The lowest BCUT2D eigenvalue weighted by Crippen LogP contribution is -2.25. The van der Waals surface area contributed by atoms with Crippen molar-refractivity contribution in [2.24, 2.45) is 0 Å². The van der Waals surface area contributed by atoms with Crippen LogP contribution in [0.1, 0.15) is 12.5 Å². The van der Waals surface area contributed by atoms with E-state index in [1.165, 1.54) is 11.3 Å². The summed E-state index contributed by atoms with van der Waals surface area (Å²) in [6.07, 6.45) is 2.84. The Morgan fingerprint density at radius 3 is 2.65 bits per heavy atom. The molecule has 0 aliphatic carbocycles. The van der Waals surface area contributed by atoms with Gasteiger partial charge in [-0.25, -0.2) is 9.97 Å². The smallest absolute Gasteiger partial charge is 0.230 e. The molecule has 1 unspecified atom stereocenters. The molecule has 0 radical (unpaired) electrons. The lowest BCUT2D eigenvalue weighted by Gasteiger charge is -2.22. The summed E-state index contributed by atoms with van der Waals surface area (Å²) in [5.74, 6) is 0.745. The second-order valence-electron chi connectivity index (χ2n) is 5.80. The van der Waals surface area contributed by atoms with Crippen LogP contribution in [0.3, 0.4) is 0 Å². The van der Waals surface area contributed by atoms with Crippen molar-refractivity contribution in [2.75, 3.05) is 4.90 Å². The van der Waals surface area contributed by atoms with Gasteiger partial charge in [0, 0.05) is 28.5 Å². The van der Waals surface area contributed by atoms with E-state index < -0.39 is 0 Å². The Labute approximate surface area is 140 Å². The van der Waals surface area contributed by atoms with Gasteiger partial charge in [-0.2, -0.15) is 0 Å². The number of hydrogen-bond acceptors (Lipinski definition) is 3. The zero-order chi connectivity index (χ0) is 15.8. The molecule has 3 nitrogen and oxygen atoms in total. The number of benzene rings is 2. The number of fused-ring (bicyclic) bond motifs is 1. The van der Waals surface area contributed by atoms with Crippen LogP contribution in [0.5, 0.6) is 0 Å². The summed E-state index contributed by atoms with van der Waals surface area (Å²) in [6, 6.07) is 18.5. The van der Waals surface area contributed by atoms with Gasteiger partial charge in [0.25, 0.3) is 0 Å². The maximum atomic E-state index is 5.97. The van der Waals surface area contributed by atoms with E-state index in [1.807, 2.05) is 36.5 Å². The summed E-state index contributed by atoms with van der Waals surface area (Å²) >= 11 is 5.97. The molecule has 0 fully saturated rings. The second kappa shape index (κ2) is 5.67. The maximum absolute atomic E-state index is 5.97. The van der Waals surface area contributed by atoms with Gasteiger partial charge < -0.3 is 4.90 Å². The van der Waals surface area contributed by atoms with Gasteiger partial charge in [-0.15, -0.1) is 0 Å². The fourth-order valence-corrected chi connectivity index (χ4v) is 3.24. The van der Waals surface area contributed by atoms with Crippen LogP contribution in [0.25, 0.3) is 11.3 Å². The highest BCUT2D eigenvalue weighted by molar-refractivity contribution is 6.30. The number of nitrogens with zero attached hydrogens (tertiary/aromatic N) is 3. The van der Waals surface area contributed by atoms with Crippen molar-refractivity contribution in [3.63, 3.8) is 0 Å². The molecule has 3 aromatic rings. The van der Waals surface area contributed by atoms with Crippen molar-refractivity contribution in [2.45, 2.75) is 19.4 Å². The normalized spacial score (nSPS) is 16.4. The first-order valence-corrected chi connectivity index (χ1v) is 8.06. The third-order valence-corrected chi connectivity index (χ3v) is 4.46. The number of rotatable bonds is 2. The van der Waals surface area contributed by atoms with E-state index in [4.69, 9.17) is 16.6 Å². The maximum Gasteiger partial charge on any atom is 0.230 e. The molecule has 1 aromatic heterocycles. The average Bonchev–Trinajstić information content (AvgIpc) is 2.91. The van der Waals surface area contributed by atoms with Crippen LogP contribution in [-0.2, 0) is 6.42 Å². The first kappa shape index (κ1) is 14.2. The molecule has 0 bridgehead atoms. The molecular formula is C19H16ClN3. The Hall–Kier alpha value is -2.39. The van der Waals surface area contributed by atoms with Crippen LogP contribution in [0, 0.1) is 0 Å². The SMILES string of the molecule is CC1Cc2ccccc2N1c1nccc(-c2ccc(Cl)cc2)n1. The van der Waals surface area contributed by atoms with Crippen LogP contribution >= 0.6 is 11.6 Å². The minimum absolute atomic E-state index is 0.355. The molecule has 0 saturated heterocycles. The van der Waals surface area contributed by atoms with Gasteiger partial charge in [0.05, 0.1) is 5.69 Å². The Balaban J connectivity index is 1.76. The lowest BCUT2D eigenvalue weighted by molar-refractivity contribution is 0.740. The Morgan fingerprint density at radius 2 is 1.83 bits per heavy atom. The molecule has 114 valence electrons. The molecule has 1 atom stereocenters. The van der Waals surface area contributed by atoms with E-state index in [1.54, 1.807) is 0 Å². The first-order valence-electron chi connectivity index (χ1n) is 7.68. The largest absolute Gasteiger partial charge is 0.307 e. The van der Waals surface area contributed by atoms with E-state index >= 15 is 0 Å². The van der Waals surface area contributed by atoms with E-state index in [9.17, 15) is 0 Å². The molecule has 4 heteroatoms. The zero-order valence-corrected chi connectivity index (χ0v) is 13.5. The highest BCUT2D eigenvalue weighted by Crippen LogP contribution is 2.36. The minimum Gasteiger partial charge on any atom is -0.307 e. The van der Waals surface area contributed by atoms with Crippen molar-refractivity contribution in [1.29, 1.82) is 0 Å². The number of hydrogen-bond donors (Lipinski definition) is 0. The summed E-state index contributed by atoms with van der Waals surface area (Å²) in [4.78, 5) is 11.5. The molecule has 1 aliphatic heterocycles. The molecule has 23 heavy (non-hydrogen) atoms. The summed E-state index contributed by atoms with van der Waals surface area (Å²) in [5, 5.41) is 0.727. The molecule has 0 N–H and O–H groups in total. The summed E-state index contributed by atoms with van der Waals surface area (Å²) in [6.45, 7) is 2.21. The molecule has 2 heterocycles. The quantitative estimate of drug-likeness (QED) is 0.673. The van der Waals surface area contributed by atoms with Crippen molar-refractivity contribution >= 4 is 23.2 Å². The third-order valence-electron chi connectivity index (χ3n) is 4.21.